The van der Waals surface area contributed by atoms with Crippen molar-refractivity contribution in [1.29, 1.82) is 0 Å². The van der Waals surface area contributed by atoms with Crippen LogP contribution in [0.15, 0.2) is 0 Å². The summed E-state index contributed by atoms with van der Waals surface area (Å²) in [6.45, 7) is 3.04. The number of aromatic nitrogens is 2. The molecule has 1 aromatic heterocycles. The van der Waals surface area contributed by atoms with Crippen LogP contribution >= 0.6 is 11.8 Å². The molecule has 2 N–H and O–H groups in total. The molecule has 1 aliphatic heterocycles. The van der Waals surface area contributed by atoms with E-state index in [0.29, 0.717) is 6.04 Å². The van der Waals surface area contributed by atoms with Gasteiger partial charge in [0.2, 0.25) is 0 Å². The SMILES string of the molecule is CSCCC1CNc2c(C)nn(C)c2N1. The lowest BCUT2D eigenvalue weighted by atomic mass is 10.1. The van der Waals surface area contributed by atoms with Crippen molar-refractivity contribution in [3.8, 4) is 0 Å². The minimum absolute atomic E-state index is 0.528. The van der Waals surface area contributed by atoms with Gasteiger partial charge in [-0.25, -0.2) is 0 Å². The minimum atomic E-state index is 0.528. The van der Waals surface area contributed by atoms with Gasteiger partial charge in [0, 0.05) is 19.6 Å². The monoisotopic (exact) mass is 226 g/mol. The van der Waals surface area contributed by atoms with E-state index in [2.05, 4.69) is 22.0 Å². The number of nitrogens with zero attached hydrogens (tertiary/aromatic N) is 2. The van der Waals surface area contributed by atoms with E-state index in [-0.39, 0.29) is 0 Å². The zero-order valence-corrected chi connectivity index (χ0v) is 10.3. The normalized spacial score (nSPS) is 19.3. The van der Waals surface area contributed by atoms with Gasteiger partial charge in [0.15, 0.2) is 0 Å². The molecule has 5 heteroatoms. The van der Waals surface area contributed by atoms with Gasteiger partial charge in [0.1, 0.15) is 11.5 Å². The fraction of sp³-hybridized carbons (Fsp3) is 0.700. The molecule has 0 radical (unpaired) electrons. The Morgan fingerprint density at radius 1 is 1.60 bits per heavy atom. The predicted octanol–water partition coefficient (Wildman–Crippen LogP) is 1.69. The summed E-state index contributed by atoms with van der Waals surface area (Å²) in [6, 6.07) is 0.528. The standard InChI is InChI=1S/C10H18N4S/c1-7-9-10(14(2)13-7)12-8(6-11-9)4-5-15-3/h8,11-12H,4-6H2,1-3H3. The number of aryl methyl sites for hydroxylation is 2. The fourth-order valence-electron chi connectivity index (χ4n) is 1.94. The van der Waals surface area contributed by atoms with Crippen LogP contribution in [-0.4, -0.2) is 34.4 Å². The predicted molar refractivity (Wildman–Crippen MR) is 66.8 cm³/mol. The molecule has 2 heterocycles. The number of hydrogen-bond donors (Lipinski definition) is 2. The van der Waals surface area contributed by atoms with Gasteiger partial charge in [0.25, 0.3) is 0 Å². The molecule has 15 heavy (non-hydrogen) atoms. The number of hydrogen-bond acceptors (Lipinski definition) is 4. The molecule has 0 saturated carbocycles. The molecule has 1 atom stereocenters. The maximum Gasteiger partial charge on any atom is 0.148 e. The molecule has 84 valence electrons. The highest BCUT2D eigenvalue weighted by Crippen LogP contribution is 2.29. The van der Waals surface area contributed by atoms with Crippen molar-refractivity contribution in [1.82, 2.24) is 9.78 Å². The van der Waals surface area contributed by atoms with Crippen LogP contribution in [0.4, 0.5) is 11.5 Å². The third-order valence-electron chi connectivity index (χ3n) is 2.76. The maximum atomic E-state index is 4.39. The molecule has 0 fully saturated rings. The molecule has 0 aliphatic carbocycles. The largest absolute Gasteiger partial charge is 0.378 e. The molecule has 0 bridgehead atoms. The van der Waals surface area contributed by atoms with Crippen molar-refractivity contribution in [3.05, 3.63) is 5.69 Å². The lowest BCUT2D eigenvalue weighted by Crippen LogP contribution is -2.34. The molecule has 0 saturated heterocycles. The Morgan fingerprint density at radius 2 is 2.40 bits per heavy atom. The van der Waals surface area contributed by atoms with E-state index in [1.165, 1.54) is 12.2 Å². The van der Waals surface area contributed by atoms with E-state index < -0.39 is 0 Å². The summed E-state index contributed by atoms with van der Waals surface area (Å²) in [5, 5.41) is 11.4. The highest BCUT2D eigenvalue weighted by Gasteiger charge is 2.21. The van der Waals surface area contributed by atoms with Gasteiger partial charge in [-0.3, -0.25) is 4.68 Å². The highest BCUT2D eigenvalue weighted by atomic mass is 32.2. The highest BCUT2D eigenvalue weighted by molar-refractivity contribution is 7.98. The second-order valence-corrected chi connectivity index (χ2v) is 4.92. The third kappa shape index (κ3) is 2.07. The van der Waals surface area contributed by atoms with E-state index in [1.807, 2.05) is 30.4 Å². The molecular weight excluding hydrogens is 208 g/mol. The second kappa shape index (κ2) is 4.35. The van der Waals surface area contributed by atoms with Gasteiger partial charge >= 0.3 is 0 Å². The Balaban J connectivity index is 2.09. The van der Waals surface area contributed by atoms with E-state index in [9.17, 15) is 0 Å². The van der Waals surface area contributed by atoms with E-state index in [0.717, 1.165) is 23.7 Å². The summed E-state index contributed by atoms with van der Waals surface area (Å²) in [7, 11) is 1.98. The third-order valence-corrected chi connectivity index (χ3v) is 3.40. The van der Waals surface area contributed by atoms with Crippen LogP contribution < -0.4 is 10.6 Å². The van der Waals surface area contributed by atoms with Gasteiger partial charge in [0.05, 0.1) is 5.69 Å². The van der Waals surface area contributed by atoms with Gasteiger partial charge in [-0.1, -0.05) is 0 Å². The van der Waals surface area contributed by atoms with Crippen LogP contribution in [0.3, 0.4) is 0 Å². The fourth-order valence-corrected chi connectivity index (χ4v) is 2.46. The molecule has 1 aromatic rings. The van der Waals surface area contributed by atoms with Gasteiger partial charge in [-0.15, -0.1) is 0 Å². The van der Waals surface area contributed by atoms with Gasteiger partial charge < -0.3 is 10.6 Å². The summed E-state index contributed by atoms with van der Waals surface area (Å²) in [4.78, 5) is 0. The van der Waals surface area contributed by atoms with E-state index in [1.54, 1.807) is 0 Å². The Labute approximate surface area is 94.8 Å². The molecule has 1 unspecified atom stereocenters. The lowest BCUT2D eigenvalue weighted by Gasteiger charge is -2.26. The van der Waals surface area contributed by atoms with Crippen molar-refractivity contribution in [2.24, 2.45) is 7.05 Å². The Bertz CT molecular complexity index is 347. The van der Waals surface area contributed by atoms with E-state index in [4.69, 9.17) is 0 Å². The quantitative estimate of drug-likeness (QED) is 0.823. The number of nitrogens with one attached hydrogen (secondary N) is 2. The maximum absolute atomic E-state index is 4.39. The summed E-state index contributed by atoms with van der Waals surface area (Å²) >= 11 is 1.90. The van der Waals surface area contributed by atoms with E-state index >= 15 is 0 Å². The number of anilines is 2. The average Bonchev–Trinajstić information content (AvgIpc) is 2.52. The zero-order chi connectivity index (χ0) is 10.8. The molecule has 4 nitrogen and oxygen atoms in total. The molecule has 2 rings (SSSR count). The Kier molecular flexibility index (Phi) is 3.09. The molecule has 0 spiro atoms. The first-order valence-corrected chi connectivity index (χ1v) is 6.64. The number of rotatable bonds is 3. The summed E-state index contributed by atoms with van der Waals surface area (Å²) in [6.07, 6.45) is 3.34. The average molecular weight is 226 g/mol. The molecule has 1 aliphatic rings. The van der Waals surface area contributed by atoms with Crippen molar-refractivity contribution in [2.75, 3.05) is 29.2 Å². The molecule has 0 aromatic carbocycles. The molecular formula is C10H18N4S. The first-order chi connectivity index (χ1) is 7.22. The summed E-state index contributed by atoms with van der Waals surface area (Å²) in [5.74, 6) is 2.33. The minimum Gasteiger partial charge on any atom is -0.378 e. The van der Waals surface area contributed by atoms with Crippen LogP contribution in [0, 0.1) is 6.92 Å². The number of thioether (sulfide) groups is 1. The first kappa shape index (κ1) is 10.7. The van der Waals surface area contributed by atoms with Crippen LogP contribution in [-0.2, 0) is 7.05 Å². The van der Waals surface area contributed by atoms with Crippen molar-refractivity contribution < 1.29 is 0 Å². The van der Waals surface area contributed by atoms with Crippen LogP contribution in [0.25, 0.3) is 0 Å². The van der Waals surface area contributed by atoms with Gasteiger partial charge in [-0.2, -0.15) is 16.9 Å². The molecule has 0 amide bonds. The van der Waals surface area contributed by atoms with Crippen LogP contribution in [0.2, 0.25) is 0 Å². The smallest absolute Gasteiger partial charge is 0.148 e. The topological polar surface area (TPSA) is 41.9 Å². The first-order valence-electron chi connectivity index (χ1n) is 5.25. The lowest BCUT2D eigenvalue weighted by molar-refractivity contribution is 0.688. The summed E-state index contributed by atoms with van der Waals surface area (Å²) < 4.78 is 1.92. The van der Waals surface area contributed by atoms with Gasteiger partial charge in [-0.05, 0) is 25.4 Å². The van der Waals surface area contributed by atoms with Crippen LogP contribution in [0.1, 0.15) is 12.1 Å². The number of fused-ring (bicyclic) bond motifs is 1. The zero-order valence-electron chi connectivity index (χ0n) is 9.50. The Hall–Kier alpha value is -0.840. The Morgan fingerprint density at radius 3 is 3.13 bits per heavy atom. The van der Waals surface area contributed by atoms with Crippen molar-refractivity contribution in [2.45, 2.75) is 19.4 Å². The summed E-state index contributed by atoms with van der Waals surface area (Å²) in [5.41, 5.74) is 2.24. The van der Waals surface area contributed by atoms with Crippen molar-refractivity contribution >= 4 is 23.3 Å². The van der Waals surface area contributed by atoms with Crippen LogP contribution in [0.5, 0.6) is 0 Å². The second-order valence-electron chi connectivity index (χ2n) is 3.94. The van der Waals surface area contributed by atoms with Crippen molar-refractivity contribution in [3.63, 3.8) is 0 Å².